The van der Waals surface area contributed by atoms with E-state index in [0.29, 0.717) is 5.92 Å². The van der Waals surface area contributed by atoms with Crippen molar-refractivity contribution in [3.05, 3.63) is 22.8 Å². The van der Waals surface area contributed by atoms with Crippen LogP contribution < -0.4 is 5.32 Å². The summed E-state index contributed by atoms with van der Waals surface area (Å²) in [7, 11) is 0. The molecule has 1 aliphatic carbocycles. The van der Waals surface area contributed by atoms with E-state index in [1.807, 2.05) is 0 Å². The van der Waals surface area contributed by atoms with Crippen molar-refractivity contribution >= 4 is 0 Å². The molecule has 0 aromatic carbocycles. The van der Waals surface area contributed by atoms with Gasteiger partial charge in [-0.15, -0.1) is 0 Å². The van der Waals surface area contributed by atoms with Crippen LogP contribution in [0.2, 0.25) is 0 Å². The van der Waals surface area contributed by atoms with Gasteiger partial charge in [-0.05, 0) is 25.2 Å². The van der Waals surface area contributed by atoms with Gasteiger partial charge in [0.2, 0.25) is 0 Å². The quantitative estimate of drug-likeness (QED) is 0.887. The highest BCUT2D eigenvalue weighted by molar-refractivity contribution is 5.29. The Labute approximate surface area is 116 Å². The summed E-state index contributed by atoms with van der Waals surface area (Å²) in [6, 6.07) is 0. The fraction of sp³-hybridized carbons (Fsp3) is 0.750. The van der Waals surface area contributed by atoms with Gasteiger partial charge in [0.05, 0.1) is 5.69 Å². The monoisotopic (exact) mass is 259 g/mol. The number of aryl methyl sites for hydroxylation is 1. The van der Waals surface area contributed by atoms with E-state index >= 15 is 0 Å². The SMILES string of the molecule is CCc1nc(C2CCCC(C)C2)nc2c1CNCC2. The lowest BCUT2D eigenvalue weighted by Crippen LogP contribution is -2.28. The molecule has 0 spiro atoms. The normalized spacial score (nSPS) is 27.1. The lowest BCUT2D eigenvalue weighted by molar-refractivity contribution is 0.333. The van der Waals surface area contributed by atoms with Crippen LogP contribution in [0.5, 0.6) is 0 Å². The summed E-state index contributed by atoms with van der Waals surface area (Å²) in [6.45, 7) is 6.60. The van der Waals surface area contributed by atoms with Crippen LogP contribution in [-0.2, 0) is 19.4 Å². The third-order valence-electron chi connectivity index (χ3n) is 4.67. The summed E-state index contributed by atoms with van der Waals surface area (Å²) in [5, 5.41) is 3.44. The van der Waals surface area contributed by atoms with E-state index in [4.69, 9.17) is 9.97 Å². The maximum Gasteiger partial charge on any atom is 0.131 e. The highest BCUT2D eigenvalue weighted by Gasteiger charge is 2.25. The van der Waals surface area contributed by atoms with Gasteiger partial charge < -0.3 is 5.32 Å². The fourth-order valence-electron chi connectivity index (χ4n) is 3.58. The Morgan fingerprint density at radius 1 is 1.26 bits per heavy atom. The van der Waals surface area contributed by atoms with Crippen molar-refractivity contribution < 1.29 is 0 Å². The van der Waals surface area contributed by atoms with E-state index in [2.05, 4.69) is 19.2 Å². The first-order chi connectivity index (χ1) is 9.28. The molecule has 0 radical (unpaired) electrons. The molecule has 3 heteroatoms. The second-order valence-electron chi connectivity index (χ2n) is 6.20. The molecule has 2 unspecified atom stereocenters. The van der Waals surface area contributed by atoms with E-state index in [1.165, 1.54) is 42.6 Å². The first-order valence-electron chi connectivity index (χ1n) is 7.87. The molecule has 0 saturated heterocycles. The molecule has 1 aromatic heterocycles. The first-order valence-corrected chi connectivity index (χ1v) is 7.87. The van der Waals surface area contributed by atoms with Gasteiger partial charge in [-0.2, -0.15) is 0 Å². The minimum absolute atomic E-state index is 0.606. The Bertz CT molecular complexity index is 438. The Kier molecular flexibility index (Phi) is 3.83. The van der Waals surface area contributed by atoms with E-state index in [0.717, 1.165) is 37.7 Å². The average molecular weight is 259 g/mol. The summed E-state index contributed by atoms with van der Waals surface area (Å²) in [5.74, 6) is 2.59. The number of hydrogen-bond donors (Lipinski definition) is 1. The average Bonchev–Trinajstić information content (AvgIpc) is 2.46. The van der Waals surface area contributed by atoms with Gasteiger partial charge in [0, 0.05) is 36.7 Å². The van der Waals surface area contributed by atoms with Crippen LogP contribution in [0.25, 0.3) is 0 Å². The Morgan fingerprint density at radius 2 is 2.16 bits per heavy atom. The fourth-order valence-corrected chi connectivity index (χ4v) is 3.58. The third kappa shape index (κ3) is 2.66. The number of nitrogens with one attached hydrogen (secondary N) is 1. The second kappa shape index (κ2) is 5.58. The molecule has 1 saturated carbocycles. The zero-order valence-electron chi connectivity index (χ0n) is 12.2. The van der Waals surface area contributed by atoms with Crippen LogP contribution in [0.3, 0.4) is 0 Å². The van der Waals surface area contributed by atoms with Crippen molar-refractivity contribution in [2.45, 2.75) is 64.8 Å². The molecule has 1 fully saturated rings. The summed E-state index contributed by atoms with van der Waals surface area (Å²) in [5.41, 5.74) is 3.98. The number of hydrogen-bond acceptors (Lipinski definition) is 3. The van der Waals surface area contributed by atoms with Gasteiger partial charge >= 0.3 is 0 Å². The number of nitrogens with zero attached hydrogens (tertiary/aromatic N) is 2. The lowest BCUT2D eigenvalue weighted by Gasteiger charge is -2.27. The van der Waals surface area contributed by atoms with Crippen molar-refractivity contribution in [3.63, 3.8) is 0 Å². The van der Waals surface area contributed by atoms with Crippen LogP contribution >= 0.6 is 0 Å². The summed E-state index contributed by atoms with van der Waals surface area (Å²) in [6.07, 6.45) is 7.38. The largest absolute Gasteiger partial charge is 0.312 e. The molecular formula is C16H25N3. The molecule has 2 aliphatic rings. The van der Waals surface area contributed by atoms with E-state index < -0.39 is 0 Å². The van der Waals surface area contributed by atoms with Gasteiger partial charge in [-0.3, -0.25) is 0 Å². The van der Waals surface area contributed by atoms with Gasteiger partial charge in [-0.1, -0.05) is 26.7 Å². The molecule has 3 rings (SSSR count). The Balaban J connectivity index is 1.93. The van der Waals surface area contributed by atoms with Crippen molar-refractivity contribution in [2.24, 2.45) is 5.92 Å². The van der Waals surface area contributed by atoms with Crippen LogP contribution in [0.1, 0.15) is 68.2 Å². The molecule has 3 nitrogen and oxygen atoms in total. The minimum Gasteiger partial charge on any atom is -0.312 e. The van der Waals surface area contributed by atoms with Gasteiger partial charge in [0.15, 0.2) is 0 Å². The van der Waals surface area contributed by atoms with Crippen molar-refractivity contribution in [1.29, 1.82) is 0 Å². The summed E-state index contributed by atoms with van der Waals surface area (Å²) in [4.78, 5) is 9.84. The van der Waals surface area contributed by atoms with Crippen molar-refractivity contribution in [3.8, 4) is 0 Å². The molecule has 0 bridgehead atoms. The molecule has 19 heavy (non-hydrogen) atoms. The summed E-state index contributed by atoms with van der Waals surface area (Å²) < 4.78 is 0. The predicted octanol–water partition coefficient (Wildman–Crippen LogP) is 2.98. The highest BCUT2D eigenvalue weighted by atomic mass is 15.0. The van der Waals surface area contributed by atoms with E-state index in [-0.39, 0.29) is 0 Å². The van der Waals surface area contributed by atoms with Crippen molar-refractivity contribution in [1.82, 2.24) is 15.3 Å². The summed E-state index contributed by atoms with van der Waals surface area (Å²) >= 11 is 0. The van der Waals surface area contributed by atoms with Crippen molar-refractivity contribution in [2.75, 3.05) is 6.54 Å². The van der Waals surface area contributed by atoms with E-state index in [9.17, 15) is 0 Å². The molecule has 1 aliphatic heterocycles. The van der Waals surface area contributed by atoms with Gasteiger partial charge in [0.25, 0.3) is 0 Å². The van der Waals surface area contributed by atoms with Crippen LogP contribution in [0.4, 0.5) is 0 Å². The predicted molar refractivity (Wildman–Crippen MR) is 77.2 cm³/mol. The molecule has 0 amide bonds. The number of rotatable bonds is 2. The van der Waals surface area contributed by atoms with Crippen LogP contribution in [0, 0.1) is 5.92 Å². The van der Waals surface area contributed by atoms with Crippen LogP contribution in [-0.4, -0.2) is 16.5 Å². The third-order valence-corrected chi connectivity index (χ3v) is 4.67. The second-order valence-corrected chi connectivity index (χ2v) is 6.20. The molecule has 2 heterocycles. The highest BCUT2D eigenvalue weighted by Crippen LogP contribution is 2.35. The van der Waals surface area contributed by atoms with Gasteiger partial charge in [0.1, 0.15) is 5.82 Å². The standard InChI is InChI=1S/C16H25N3/c1-3-14-13-10-17-8-7-15(13)19-16(18-14)12-6-4-5-11(2)9-12/h11-12,17H,3-10H2,1-2H3. The van der Waals surface area contributed by atoms with Gasteiger partial charge in [-0.25, -0.2) is 9.97 Å². The first kappa shape index (κ1) is 13.0. The van der Waals surface area contributed by atoms with E-state index in [1.54, 1.807) is 0 Å². The van der Waals surface area contributed by atoms with Crippen LogP contribution in [0.15, 0.2) is 0 Å². The topological polar surface area (TPSA) is 37.8 Å². The number of fused-ring (bicyclic) bond motifs is 1. The zero-order valence-corrected chi connectivity index (χ0v) is 12.2. The molecule has 1 N–H and O–H groups in total. The maximum atomic E-state index is 4.93. The Morgan fingerprint density at radius 3 is 2.95 bits per heavy atom. The zero-order chi connectivity index (χ0) is 13.2. The lowest BCUT2D eigenvalue weighted by atomic mass is 9.82. The molecule has 1 aromatic rings. The maximum absolute atomic E-state index is 4.93. The minimum atomic E-state index is 0.606. The molecule has 104 valence electrons. The molecular weight excluding hydrogens is 234 g/mol. The molecule has 2 atom stereocenters. The number of aromatic nitrogens is 2. The smallest absolute Gasteiger partial charge is 0.131 e. The Hall–Kier alpha value is -0.960.